The summed E-state index contributed by atoms with van der Waals surface area (Å²) in [6, 6.07) is 6.99. The fraction of sp³-hybridized carbons (Fsp3) is 0.611. The molecule has 0 aliphatic carbocycles. The van der Waals surface area contributed by atoms with Gasteiger partial charge in [0.05, 0.1) is 0 Å². The van der Waals surface area contributed by atoms with Crippen molar-refractivity contribution < 1.29 is 14.6 Å². The van der Waals surface area contributed by atoms with Crippen molar-refractivity contribution in [2.45, 2.75) is 12.8 Å². The van der Waals surface area contributed by atoms with Crippen LogP contribution in [0.2, 0.25) is 5.02 Å². The second kappa shape index (κ2) is 8.19. The van der Waals surface area contributed by atoms with E-state index in [4.69, 9.17) is 16.3 Å². The maximum atomic E-state index is 12.4. The minimum atomic E-state index is -0.0210. The molecule has 2 heterocycles. The number of aliphatic hydroxyl groups is 1. The lowest BCUT2D eigenvalue weighted by Gasteiger charge is -2.22. The second-order valence-electron chi connectivity index (χ2n) is 6.75. The van der Waals surface area contributed by atoms with Crippen molar-refractivity contribution >= 4 is 17.5 Å². The Balaban J connectivity index is 1.50. The summed E-state index contributed by atoms with van der Waals surface area (Å²) in [5.41, 5.74) is 0. The topological polar surface area (TPSA) is 53.0 Å². The molecule has 3 rings (SSSR count). The van der Waals surface area contributed by atoms with Crippen LogP contribution in [0.25, 0.3) is 0 Å². The van der Waals surface area contributed by atoms with Crippen molar-refractivity contribution in [3.8, 4) is 5.75 Å². The van der Waals surface area contributed by atoms with Gasteiger partial charge in [-0.3, -0.25) is 4.79 Å². The number of amides is 1. The Hall–Kier alpha value is -1.30. The van der Waals surface area contributed by atoms with Gasteiger partial charge < -0.3 is 19.6 Å². The van der Waals surface area contributed by atoms with E-state index < -0.39 is 0 Å². The maximum Gasteiger partial charge on any atom is 0.260 e. The fourth-order valence-electron chi connectivity index (χ4n) is 3.62. The van der Waals surface area contributed by atoms with Gasteiger partial charge in [0, 0.05) is 37.2 Å². The number of rotatable bonds is 6. The van der Waals surface area contributed by atoms with Crippen molar-refractivity contribution in [1.29, 1.82) is 0 Å². The lowest BCUT2D eigenvalue weighted by Crippen LogP contribution is -2.34. The van der Waals surface area contributed by atoms with Gasteiger partial charge in [-0.1, -0.05) is 11.6 Å². The molecule has 0 spiro atoms. The number of ether oxygens (including phenoxy) is 1. The molecule has 0 saturated carbocycles. The van der Waals surface area contributed by atoms with Crippen LogP contribution in [0, 0.1) is 11.8 Å². The molecule has 2 fully saturated rings. The summed E-state index contributed by atoms with van der Waals surface area (Å²) in [5.74, 6) is 1.14. The van der Waals surface area contributed by atoms with E-state index >= 15 is 0 Å². The fourth-order valence-corrected chi connectivity index (χ4v) is 3.75. The van der Waals surface area contributed by atoms with Gasteiger partial charge in [-0.25, -0.2) is 0 Å². The van der Waals surface area contributed by atoms with Crippen LogP contribution in [-0.4, -0.2) is 66.8 Å². The standard InChI is InChI=1S/C18H25ClN2O3/c19-16-3-5-17(6-4-16)24-13-18(23)21-10-14(15(11-21)12-22)9-20-7-1-2-8-20/h3-6,14-15,22H,1-2,7-13H2. The van der Waals surface area contributed by atoms with Crippen molar-refractivity contribution in [2.24, 2.45) is 11.8 Å². The second-order valence-corrected chi connectivity index (χ2v) is 7.19. The van der Waals surface area contributed by atoms with E-state index in [0.717, 1.165) is 19.6 Å². The van der Waals surface area contributed by atoms with Crippen molar-refractivity contribution in [1.82, 2.24) is 9.80 Å². The number of nitrogens with zero attached hydrogens (tertiary/aromatic N) is 2. The largest absolute Gasteiger partial charge is 0.484 e. The van der Waals surface area contributed by atoms with E-state index in [0.29, 0.717) is 29.8 Å². The Morgan fingerprint density at radius 1 is 1.17 bits per heavy atom. The van der Waals surface area contributed by atoms with Crippen LogP contribution in [0.15, 0.2) is 24.3 Å². The molecule has 0 aromatic heterocycles. The van der Waals surface area contributed by atoms with E-state index in [9.17, 15) is 9.90 Å². The first-order valence-electron chi connectivity index (χ1n) is 8.65. The van der Waals surface area contributed by atoms with Gasteiger partial charge in [0.15, 0.2) is 6.61 Å². The number of hydrogen-bond acceptors (Lipinski definition) is 4. The van der Waals surface area contributed by atoms with Gasteiger partial charge in [0.25, 0.3) is 5.91 Å². The van der Waals surface area contributed by atoms with Gasteiger partial charge in [0.1, 0.15) is 5.75 Å². The van der Waals surface area contributed by atoms with E-state index in [2.05, 4.69) is 4.90 Å². The molecule has 2 saturated heterocycles. The van der Waals surface area contributed by atoms with Crippen molar-refractivity contribution in [3.63, 3.8) is 0 Å². The lowest BCUT2D eigenvalue weighted by molar-refractivity contribution is -0.132. The number of carbonyl (C=O) groups excluding carboxylic acids is 1. The summed E-state index contributed by atoms with van der Waals surface area (Å²) in [7, 11) is 0. The summed E-state index contributed by atoms with van der Waals surface area (Å²) in [6.07, 6.45) is 2.52. The van der Waals surface area contributed by atoms with Gasteiger partial charge in [-0.2, -0.15) is 0 Å². The van der Waals surface area contributed by atoms with Crippen LogP contribution < -0.4 is 4.74 Å². The molecular formula is C18H25ClN2O3. The molecule has 1 N–H and O–H groups in total. The molecule has 2 atom stereocenters. The summed E-state index contributed by atoms with van der Waals surface area (Å²) in [4.78, 5) is 16.7. The highest BCUT2D eigenvalue weighted by Gasteiger charge is 2.36. The number of halogens is 1. The lowest BCUT2D eigenvalue weighted by atomic mass is 9.96. The SMILES string of the molecule is O=C(COc1ccc(Cl)cc1)N1CC(CO)C(CN2CCCC2)C1. The average Bonchev–Trinajstić information content (AvgIpc) is 3.24. The molecule has 24 heavy (non-hydrogen) atoms. The van der Waals surface area contributed by atoms with E-state index in [1.54, 1.807) is 24.3 Å². The Morgan fingerprint density at radius 3 is 2.50 bits per heavy atom. The van der Waals surface area contributed by atoms with Crippen molar-refractivity contribution in [3.05, 3.63) is 29.3 Å². The molecule has 1 amide bonds. The van der Waals surface area contributed by atoms with Gasteiger partial charge in [-0.05, 0) is 56.1 Å². The number of aliphatic hydroxyl groups excluding tert-OH is 1. The number of carbonyl (C=O) groups is 1. The third kappa shape index (κ3) is 4.41. The van der Waals surface area contributed by atoms with Crippen molar-refractivity contribution in [2.75, 3.05) is 45.9 Å². The molecule has 2 aliphatic heterocycles. The van der Waals surface area contributed by atoms with Crippen LogP contribution in [0.5, 0.6) is 5.75 Å². The Kier molecular flexibility index (Phi) is 5.98. The van der Waals surface area contributed by atoms with Crippen LogP contribution in [0.1, 0.15) is 12.8 Å². The minimum absolute atomic E-state index is 0.0210. The smallest absolute Gasteiger partial charge is 0.260 e. The van der Waals surface area contributed by atoms with E-state index in [-0.39, 0.29) is 25.0 Å². The zero-order valence-corrected chi connectivity index (χ0v) is 14.6. The molecule has 6 heteroatoms. The van der Waals surface area contributed by atoms with Gasteiger partial charge >= 0.3 is 0 Å². The third-order valence-corrected chi connectivity index (χ3v) is 5.28. The molecule has 1 aromatic rings. The summed E-state index contributed by atoms with van der Waals surface area (Å²) in [5, 5.41) is 10.3. The Morgan fingerprint density at radius 2 is 1.83 bits per heavy atom. The zero-order valence-electron chi connectivity index (χ0n) is 13.9. The number of benzene rings is 1. The monoisotopic (exact) mass is 352 g/mol. The molecule has 132 valence electrons. The Bertz CT molecular complexity index is 546. The summed E-state index contributed by atoms with van der Waals surface area (Å²) < 4.78 is 5.55. The highest BCUT2D eigenvalue weighted by molar-refractivity contribution is 6.30. The minimum Gasteiger partial charge on any atom is -0.484 e. The van der Waals surface area contributed by atoms with Crippen LogP contribution in [-0.2, 0) is 4.79 Å². The van der Waals surface area contributed by atoms with Crippen LogP contribution >= 0.6 is 11.6 Å². The number of hydrogen-bond donors (Lipinski definition) is 1. The first-order chi connectivity index (χ1) is 11.7. The predicted molar refractivity (Wildman–Crippen MR) is 93.3 cm³/mol. The highest BCUT2D eigenvalue weighted by Crippen LogP contribution is 2.26. The average molecular weight is 353 g/mol. The van der Waals surface area contributed by atoms with E-state index in [1.807, 2.05) is 4.90 Å². The third-order valence-electron chi connectivity index (χ3n) is 5.03. The van der Waals surface area contributed by atoms with Crippen LogP contribution in [0.4, 0.5) is 0 Å². The maximum absolute atomic E-state index is 12.4. The molecule has 2 unspecified atom stereocenters. The molecule has 0 bridgehead atoms. The quantitative estimate of drug-likeness (QED) is 0.849. The normalized spacial score (nSPS) is 24.5. The molecule has 1 aromatic carbocycles. The summed E-state index contributed by atoms with van der Waals surface area (Å²) >= 11 is 5.84. The highest BCUT2D eigenvalue weighted by atomic mass is 35.5. The van der Waals surface area contributed by atoms with Gasteiger partial charge in [0.2, 0.25) is 0 Å². The molecular weight excluding hydrogens is 328 g/mol. The predicted octanol–water partition coefficient (Wildman–Crippen LogP) is 1.88. The molecule has 5 nitrogen and oxygen atoms in total. The van der Waals surface area contributed by atoms with Crippen LogP contribution in [0.3, 0.4) is 0 Å². The van der Waals surface area contributed by atoms with E-state index in [1.165, 1.54) is 12.8 Å². The molecule has 0 radical (unpaired) electrons. The Labute approximate surface area is 148 Å². The summed E-state index contributed by atoms with van der Waals surface area (Å²) in [6.45, 7) is 4.76. The zero-order chi connectivity index (χ0) is 16.9. The number of likely N-dealkylation sites (tertiary alicyclic amines) is 2. The first kappa shape index (κ1) is 17.5. The first-order valence-corrected chi connectivity index (χ1v) is 9.03. The molecule has 2 aliphatic rings. The van der Waals surface area contributed by atoms with Gasteiger partial charge in [-0.15, -0.1) is 0 Å².